The fourth-order valence-corrected chi connectivity index (χ4v) is 2.39. The minimum absolute atomic E-state index is 0.438. The topological polar surface area (TPSA) is 24.5 Å². The van der Waals surface area contributed by atoms with Crippen LogP contribution in [0.25, 0.3) is 0 Å². The van der Waals surface area contributed by atoms with E-state index in [0.717, 1.165) is 31.9 Å². The normalized spacial score (nSPS) is 18.6. The van der Waals surface area contributed by atoms with Crippen LogP contribution in [0.3, 0.4) is 0 Å². The van der Waals surface area contributed by atoms with Gasteiger partial charge in [0.1, 0.15) is 5.75 Å². The molecule has 0 aliphatic carbocycles. The van der Waals surface area contributed by atoms with Crippen LogP contribution in [0.15, 0.2) is 12.1 Å². The Bertz CT molecular complexity index is 415. The van der Waals surface area contributed by atoms with Gasteiger partial charge in [-0.3, -0.25) is 0 Å². The number of aryl methyl sites for hydroxylation is 1. The highest BCUT2D eigenvalue weighted by atomic mass is 16.5. The summed E-state index contributed by atoms with van der Waals surface area (Å²) in [6, 6.07) is 4.85. The molecule has 0 radical (unpaired) electrons. The number of nitrogens with one attached hydrogen (secondary N) is 1. The predicted octanol–water partition coefficient (Wildman–Crippen LogP) is 2.28. The van der Waals surface area contributed by atoms with E-state index in [4.69, 9.17) is 4.74 Å². The number of hydrogen-bond donors (Lipinski definition) is 1. The second-order valence-corrected chi connectivity index (χ2v) is 5.37. The molecule has 1 atom stereocenters. The van der Waals surface area contributed by atoms with E-state index in [1.54, 1.807) is 0 Å². The summed E-state index contributed by atoms with van der Waals surface area (Å²) in [4.78, 5) is 2.20. The minimum atomic E-state index is 0.438. The molecule has 1 aliphatic rings. The van der Waals surface area contributed by atoms with Gasteiger partial charge >= 0.3 is 0 Å². The number of benzene rings is 1. The standard InChI is InChI=1S/C15H24N2O/c1-11-5-6-13-14(16-8-9-17(3)4)7-10-18-15(13)12(11)2/h5-6,14,16H,7-10H2,1-4H3. The van der Waals surface area contributed by atoms with Gasteiger partial charge < -0.3 is 15.0 Å². The molecule has 0 amide bonds. The lowest BCUT2D eigenvalue weighted by Gasteiger charge is -2.29. The molecule has 1 aromatic rings. The van der Waals surface area contributed by atoms with Crippen LogP contribution >= 0.6 is 0 Å². The van der Waals surface area contributed by atoms with Gasteiger partial charge in [-0.15, -0.1) is 0 Å². The summed E-state index contributed by atoms with van der Waals surface area (Å²) in [5, 5.41) is 3.63. The van der Waals surface area contributed by atoms with Gasteiger partial charge in [-0.25, -0.2) is 0 Å². The average molecular weight is 248 g/mol. The van der Waals surface area contributed by atoms with Gasteiger partial charge in [-0.2, -0.15) is 0 Å². The number of ether oxygens (including phenoxy) is 1. The van der Waals surface area contributed by atoms with Gasteiger partial charge in [0, 0.05) is 31.1 Å². The van der Waals surface area contributed by atoms with E-state index >= 15 is 0 Å². The molecule has 100 valence electrons. The van der Waals surface area contributed by atoms with Gasteiger partial charge in [-0.1, -0.05) is 12.1 Å². The quantitative estimate of drug-likeness (QED) is 0.884. The zero-order valence-electron chi connectivity index (χ0n) is 11.9. The summed E-state index contributed by atoms with van der Waals surface area (Å²) in [7, 11) is 4.21. The maximum Gasteiger partial charge on any atom is 0.127 e. The first kappa shape index (κ1) is 13.4. The summed E-state index contributed by atoms with van der Waals surface area (Å²) in [6.07, 6.45) is 1.06. The zero-order valence-corrected chi connectivity index (χ0v) is 11.9. The lowest BCUT2D eigenvalue weighted by atomic mass is 9.95. The van der Waals surface area contributed by atoms with E-state index in [9.17, 15) is 0 Å². The van der Waals surface area contributed by atoms with Gasteiger partial charge in [0.2, 0.25) is 0 Å². The molecule has 18 heavy (non-hydrogen) atoms. The van der Waals surface area contributed by atoms with Crippen LogP contribution in [-0.2, 0) is 0 Å². The number of nitrogens with zero attached hydrogens (tertiary/aromatic N) is 1. The number of hydrogen-bond acceptors (Lipinski definition) is 3. The first-order valence-electron chi connectivity index (χ1n) is 6.70. The second kappa shape index (κ2) is 5.72. The molecule has 1 heterocycles. The zero-order chi connectivity index (χ0) is 13.1. The number of rotatable bonds is 4. The molecule has 3 nitrogen and oxygen atoms in total. The maximum absolute atomic E-state index is 5.84. The molecule has 1 aromatic carbocycles. The Balaban J connectivity index is 2.11. The first-order chi connectivity index (χ1) is 8.59. The molecule has 2 rings (SSSR count). The van der Waals surface area contributed by atoms with Gasteiger partial charge in [-0.05, 0) is 39.1 Å². The van der Waals surface area contributed by atoms with Crippen molar-refractivity contribution in [2.75, 3.05) is 33.8 Å². The summed E-state index contributed by atoms with van der Waals surface area (Å²) < 4.78 is 5.84. The van der Waals surface area contributed by atoms with Gasteiger partial charge in [0.05, 0.1) is 6.61 Å². The van der Waals surface area contributed by atoms with Gasteiger partial charge in [0.25, 0.3) is 0 Å². The summed E-state index contributed by atoms with van der Waals surface area (Å²) >= 11 is 0. The van der Waals surface area contributed by atoms with Crippen molar-refractivity contribution in [2.24, 2.45) is 0 Å². The largest absolute Gasteiger partial charge is 0.493 e. The van der Waals surface area contributed by atoms with E-state index in [1.807, 2.05) is 0 Å². The van der Waals surface area contributed by atoms with E-state index in [1.165, 1.54) is 16.7 Å². The SMILES string of the molecule is Cc1ccc2c(c1C)OCCC2NCCN(C)C. The highest BCUT2D eigenvalue weighted by molar-refractivity contribution is 5.47. The Labute approximate surface area is 110 Å². The average Bonchev–Trinajstić information content (AvgIpc) is 2.34. The van der Waals surface area contributed by atoms with Crippen LogP contribution in [0.4, 0.5) is 0 Å². The van der Waals surface area contributed by atoms with Crippen molar-refractivity contribution >= 4 is 0 Å². The third-order valence-corrected chi connectivity index (χ3v) is 3.69. The molecule has 1 aliphatic heterocycles. The number of likely N-dealkylation sites (N-methyl/N-ethyl adjacent to an activating group) is 1. The third-order valence-electron chi connectivity index (χ3n) is 3.69. The molecule has 0 aromatic heterocycles. The Kier molecular flexibility index (Phi) is 4.25. The van der Waals surface area contributed by atoms with E-state index in [2.05, 4.69) is 50.3 Å². The van der Waals surface area contributed by atoms with Gasteiger partial charge in [0.15, 0.2) is 0 Å². The molecule has 0 fully saturated rings. The summed E-state index contributed by atoms with van der Waals surface area (Å²) in [5.41, 5.74) is 3.91. The highest BCUT2D eigenvalue weighted by Crippen LogP contribution is 2.35. The molecular weight excluding hydrogens is 224 g/mol. The van der Waals surface area contributed by atoms with Crippen LogP contribution < -0.4 is 10.1 Å². The summed E-state index contributed by atoms with van der Waals surface area (Å²) in [5.74, 6) is 1.10. The van der Waals surface area contributed by atoms with Crippen molar-refractivity contribution < 1.29 is 4.74 Å². The van der Waals surface area contributed by atoms with Crippen LogP contribution in [0, 0.1) is 13.8 Å². The Morgan fingerprint density at radius 2 is 2.11 bits per heavy atom. The fourth-order valence-electron chi connectivity index (χ4n) is 2.39. The summed E-state index contributed by atoms with van der Waals surface area (Å²) in [6.45, 7) is 7.19. The molecule has 0 saturated carbocycles. The first-order valence-corrected chi connectivity index (χ1v) is 6.70. The molecule has 0 saturated heterocycles. The monoisotopic (exact) mass is 248 g/mol. The van der Waals surface area contributed by atoms with E-state index in [0.29, 0.717) is 6.04 Å². The van der Waals surface area contributed by atoms with Crippen molar-refractivity contribution in [3.63, 3.8) is 0 Å². The van der Waals surface area contributed by atoms with Crippen LogP contribution in [0.1, 0.15) is 29.2 Å². The molecule has 1 N–H and O–H groups in total. The number of fused-ring (bicyclic) bond motifs is 1. The predicted molar refractivity (Wildman–Crippen MR) is 75.3 cm³/mol. The maximum atomic E-state index is 5.84. The Morgan fingerprint density at radius 3 is 2.83 bits per heavy atom. The minimum Gasteiger partial charge on any atom is -0.493 e. The Hall–Kier alpha value is -1.06. The van der Waals surface area contributed by atoms with Crippen molar-refractivity contribution in [3.05, 3.63) is 28.8 Å². The van der Waals surface area contributed by atoms with Crippen LogP contribution in [0.5, 0.6) is 5.75 Å². The lowest BCUT2D eigenvalue weighted by molar-refractivity contribution is 0.247. The van der Waals surface area contributed by atoms with Crippen molar-refractivity contribution in [1.29, 1.82) is 0 Å². The molecule has 3 heteroatoms. The molecule has 0 spiro atoms. The third kappa shape index (κ3) is 2.85. The van der Waals surface area contributed by atoms with Crippen molar-refractivity contribution in [1.82, 2.24) is 10.2 Å². The fraction of sp³-hybridized carbons (Fsp3) is 0.600. The molecule has 0 bridgehead atoms. The smallest absolute Gasteiger partial charge is 0.127 e. The van der Waals surface area contributed by atoms with E-state index < -0.39 is 0 Å². The van der Waals surface area contributed by atoms with Crippen molar-refractivity contribution in [2.45, 2.75) is 26.3 Å². The molecular formula is C15H24N2O. The Morgan fingerprint density at radius 1 is 1.33 bits per heavy atom. The molecule has 1 unspecified atom stereocenters. The van der Waals surface area contributed by atoms with Crippen molar-refractivity contribution in [3.8, 4) is 5.75 Å². The van der Waals surface area contributed by atoms with Crippen LogP contribution in [-0.4, -0.2) is 38.7 Å². The van der Waals surface area contributed by atoms with E-state index in [-0.39, 0.29) is 0 Å². The second-order valence-electron chi connectivity index (χ2n) is 5.37. The lowest BCUT2D eigenvalue weighted by Crippen LogP contribution is -2.32. The highest BCUT2D eigenvalue weighted by Gasteiger charge is 2.22. The van der Waals surface area contributed by atoms with Crippen LogP contribution in [0.2, 0.25) is 0 Å².